The standard InChI is InChI=1S/C28H18F3NO5/c1-14-9-11-15(12-10-14)22-20-21(27(37-22)23(33)18-7-2-3-8-19(18)24(27)34)26(36)32(25(20)35)17-6-4-5-16(13-17)28(29,30)31/h2-13,20-22H,1H3/t20-,21+,22+/m1/s1. The van der Waals surface area contributed by atoms with Crippen LogP contribution in [0.2, 0.25) is 0 Å². The van der Waals surface area contributed by atoms with Crippen molar-refractivity contribution in [1.29, 1.82) is 0 Å². The zero-order chi connectivity index (χ0) is 26.3. The first-order chi connectivity index (χ1) is 17.6. The fourth-order valence-electron chi connectivity index (χ4n) is 5.65. The van der Waals surface area contributed by atoms with E-state index in [0.29, 0.717) is 16.5 Å². The summed E-state index contributed by atoms with van der Waals surface area (Å²) in [6.45, 7) is 1.85. The second-order valence-electron chi connectivity index (χ2n) is 9.45. The van der Waals surface area contributed by atoms with Gasteiger partial charge in [-0.3, -0.25) is 19.2 Å². The molecule has 3 aromatic carbocycles. The van der Waals surface area contributed by atoms with Gasteiger partial charge in [0.25, 0.3) is 0 Å². The Morgan fingerprint density at radius 1 is 0.811 bits per heavy atom. The Labute approximate surface area is 208 Å². The minimum atomic E-state index is -4.70. The monoisotopic (exact) mass is 505 g/mol. The lowest BCUT2D eigenvalue weighted by molar-refractivity contribution is -0.137. The van der Waals surface area contributed by atoms with Gasteiger partial charge in [-0.15, -0.1) is 0 Å². The number of hydrogen-bond acceptors (Lipinski definition) is 5. The van der Waals surface area contributed by atoms with Crippen molar-refractivity contribution in [3.05, 3.63) is 101 Å². The van der Waals surface area contributed by atoms with Crippen LogP contribution in [0.25, 0.3) is 0 Å². The predicted molar refractivity (Wildman–Crippen MR) is 124 cm³/mol. The third-order valence-electron chi connectivity index (χ3n) is 7.36. The molecular formula is C28H18F3NO5. The fourth-order valence-corrected chi connectivity index (χ4v) is 5.65. The van der Waals surface area contributed by atoms with Crippen LogP contribution in [0.1, 0.15) is 43.5 Å². The summed E-state index contributed by atoms with van der Waals surface area (Å²) in [5.74, 6) is -6.05. The van der Waals surface area contributed by atoms with Crippen LogP contribution in [0.5, 0.6) is 0 Å². The summed E-state index contributed by atoms with van der Waals surface area (Å²) in [4.78, 5) is 55.7. The summed E-state index contributed by atoms with van der Waals surface area (Å²) in [6, 6.07) is 16.8. The smallest absolute Gasteiger partial charge is 0.349 e. The normalized spacial score (nSPS) is 24.2. The molecule has 0 bridgehead atoms. The molecule has 37 heavy (non-hydrogen) atoms. The maximum Gasteiger partial charge on any atom is 0.416 e. The van der Waals surface area contributed by atoms with E-state index in [0.717, 1.165) is 17.7 Å². The van der Waals surface area contributed by atoms with Crippen LogP contribution in [0.4, 0.5) is 18.9 Å². The Morgan fingerprint density at radius 2 is 1.43 bits per heavy atom. The molecule has 3 aliphatic rings. The Balaban J connectivity index is 1.53. The van der Waals surface area contributed by atoms with Crippen molar-refractivity contribution in [2.24, 2.45) is 11.8 Å². The minimum absolute atomic E-state index is 0.0774. The molecular weight excluding hydrogens is 487 g/mol. The van der Waals surface area contributed by atoms with E-state index in [1.54, 1.807) is 36.4 Å². The summed E-state index contributed by atoms with van der Waals surface area (Å²) < 4.78 is 46.3. The number of halogens is 3. The van der Waals surface area contributed by atoms with Crippen molar-refractivity contribution < 1.29 is 37.1 Å². The fraction of sp³-hybridized carbons (Fsp3) is 0.214. The van der Waals surface area contributed by atoms with Gasteiger partial charge >= 0.3 is 6.18 Å². The van der Waals surface area contributed by atoms with Crippen LogP contribution in [0.15, 0.2) is 72.8 Å². The molecule has 0 radical (unpaired) electrons. The average Bonchev–Trinajstić information content (AvgIpc) is 3.44. The number of aryl methyl sites for hydroxylation is 1. The maximum absolute atomic E-state index is 13.8. The molecule has 3 atom stereocenters. The van der Waals surface area contributed by atoms with E-state index < -0.39 is 58.7 Å². The van der Waals surface area contributed by atoms with E-state index >= 15 is 0 Å². The summed E-state index contributed by atoms with van der Waals surface area (Å²) in [5, 5.41) is 0. The van der Waals surface area contributed by atoms with Crippen LogP contribution in [-0.2, 0) is 20.5 Å². The molecule has 0 N–H and O–H groups in total. The first-order valence-electron chi connectivity index (χ1n) is 11.5. The highest BCUT2D eigenvalue weighted by molar-refractivity contribution is 6.37. The molecule has 2 amide bonds. The summed E-state index contributed by atoms with van der Waals surface area (Å²) in [6.07, 6.45) is -5.84. The molecule has 186 valence electrons. The number of fused-ring (bicyclic) bond motifs is 3. The molecule has 1 aliphatic carbocycles. The van der Waals surface area contributed by atoms with Crippen molar-refractivity contribution in [2.45, 2.75) is 24.8 Å². The van der Waals surface area contributed by atoms with Gasteiger partial charge in [0.2, 0.25) is 29.0 Å². The molecule has 0 aromatic heterocycles. The molecule has 6 rings (SSSR count). The van der Waals surface area contributed by atoms with E-state index in [9.17, 15) is 32.3 Å². The van der Waals surface area contributed by atoms with E-state index in [2.05, 4.69) is 0 Å². The van der Waals surface area contributed by atoms with Gasteiger partial charge in [0, 0.05) is 11.1 Å². The van der Waals surface area contributed by atoms with Crippen molar-refractivity contribution >= 4 is 29.1 Å². The zero-order valence-electron chi connectivity index (χ0n) is 19.3. The lowest BCUT2D eigenvalue weighted by atomic mass is 9.77. The van der Waals surface area contributed by atoms with Gasteiger partial charge < -0.3 is 4.74 Å². The number of rotatable bonds is 2. The number of benzene rings is 3. The first-order valence-corrected chi connectivity index (χ1v) is 11.5. The number of carbonyl (C=O) groups excluding carboxylic acids is 4. The lowest BCUT2D eigenvalue weighted by Crippen LogP contribution is -2.51. The van der Waals surface area contributed by atoms with Gasteiger partial charge in [-0.05, 0) is 30.7 Å². The number of alkyl halides is 3. The molecule has 2 fully saturated rings. The minimum Gasteiger partial charge on any atom is -0.349 e. The number of amides is 2. The van der Waals surface area contributed by atoms with Crippen molar-refractivity contribution in [3.8, 4) is 0 Å². The van der Waals surface area contributed by atoms with Crippen molar-refractivity contribution in [2.75, 3.05) is 4.90 Å². The van der Waals surface area contributed by atoms with Gasteiger partial charge in [-0.1, -0.05) is 60.2 Å². The highest BCUT2D eigenvalue weighted by Crippen LogP contribution is 2.57. The molecule has 2 aliphatic heterocycles. The molecule has 6 nitrogen and oxygen atoms in total. The zero-order valence-corrected chi connectivity index (χ0v) is 19.3. The Bertz CT molecular complexity index is 1480. The molecule has 0 unspecified atom stereocenters. The molecule has 9 heteroatoms. The Morgan fingerprint density at radius 3 is 2.03 bits per heavy atom. The number of Topliss-reactive ketones (excluding diaryl/α,β-unsaturated/α-hetero) is 2. The highest BCUT2D eigenvalue weighted by Gasteiger charge is 2.74. The number of imide groups is 1. The number of hydrogen-bond donors (Lipinski definition) is 0. The third kappa shape index (κ3) is 3.10. The highest BCUT2D eigenvalue weighted by atomic mass is 19.4. The van der Waals surface area contributed by atoms with Gasteiger partial charge in [0.1, 0.15) is 0 Å². The van der Waals surface area contributed by atoms with Crippen LogP contribution >= 0.6 is 0 Å². The largest absolute Gasteiger partial charge is 0.416 e. The van der Waals surface area contributed by atoms with Crippen molar-refractivity contribution in [3.63, 3.8) is 0 Å². The topological polar surface area (TPSA) is 80.8 Å². The maximum atomic E-state index is 13.8. The molecule has 2 saturated heterocycles. The van der Waals surface area contributed by atoms with Crippen molar-refractivity contribution in [1.82, 2.24) is 0 Å². The predicted octanol–water partition coefficient (Wildman–Crippen LogP) is 4.71. The number of ether oxygens (including phenoxy) is 1. The van der Waals surface area contributed by atoms with Gasteiger partial charge in [0.05, 0.1) is 29.2 Å². The Hall–Kier alpha value is -4.11. The van der Waals surface area contributed by atoms with Crippen LogP contribution in [0.3, 0.4) is 0 Å². The summed E-state index contributed by atoms with van der Waals surface area (Å²) in [5.41, 5.74) is -2.07. The van der Waals surface area contributed by atoms with Crippen LogP contribution in [0, 0.1) is 18.8 Å². The third-order valence-corrected chi connectivity index (χ3v) is 7.36. The first kappa shape index (κ1) is 23.3. The quantitative estimate of drug-likeness (QED) is 0.372. The second-order valence-corrected chi connectivity index (χ2v) is 9.45. The number of ketones is 2. The van der Waals surface area contributed by atoms with E-state index in [-0.39, 0.29) is 16.8 Å². The van der Waals surface area contributed by atoms with E-state index in [1.165, 1.54) is 18.2 Å². The van der Waals surface area contributed by atoms with Crippen LogP contribution < -0.4 is 4.90 Å². The van der Waals surface area contributed by atoms with E-state index in [4.69, 9.17) is 4.74 Å². The lowest BCUT2D eigenvalue weighted by Gasteiger charge is -2.27. The summed E-state index contributed by atoms with van der Waals surface area (Å²) in [7, 11) is 0. The number of carbonyl (C=O) groups is 4. The SMILES string of the molecule is Cc1ccc([C@@H]2OC3(C(=O)c4ccccc4C3=O)[C@@H]3C(=O)N(c4cccc(C(F)(F)F)c4)C(=O)[C@H]32)cc1. The van der Waals surface area contributed by atoms with Gasteiger partial charge in [-0.2, -0.15) is 13.2 Å². The Kier molecular flexibility index (Phi) is 4.84. The molecule has 1 spiro atoms. The second kappa shape index (κ2) is 7.69. The summed E-state index contributed by atoms with van der Waals surface area (Å²) >= 11 is 0. The van der Waals surface area contributed by atoms with E-state index in [1.807, 2.05) is 6.92 Å². The molecule has 2 heterocycles. The van der Waals surface area contributed by atoms with Crippen LogP contribution in [-0.4, -0.2) is 29.0 Å². The number of nitrogens with zero attached hydrogens (tertiary/aromatic N) is 1. The molecule has 0 saturated carbocycles. The average molecular weight is 505 g/mol. The van der Waals surface area contributed by atoms with Gasteiger partial charge in [0.15, 0.2) is 0 Å². The number of anilines is 1. The van der Waals surface area contributed by atoms with Gasteiger partial charge in [-0.25, -0.2) is 4.90 Å². The molecule has 3 aromatic rings.